The van der Waals surface area contributed by atoms with Crippen molar-refractivity contribution >= 4 is 29.3 Å². The number of aromatic nitrogens is 3. The zero-order chi connectivity index (χ0) is 18.8. The van der Waals surface area contributed by atoms with E-state index in [1.165, 1.54) is 18.2 Å². The Kier molecular flexibility index (Phi) is 5.15. The molecule has 0 bridgehead atoms. The van der Waals surface area contributed by atoms with E-state index in [0.29, 0.717) is 11.6 Å². The van der Waals surface area contributed by atoms with Gasteiger partial charge in [0.2, 0.25) is 11.8 Å². The summed E-state index contributed by atoms with van der Waals surface area (Å²) in [6.07, 6.45) is 4.46. The number of hydrogen-bond donors (Lipinski definition) is 1. The van der Waals surface area contributed by atoms with Gasteiger partial charge >= 0.3 is 0 Å². The molecule has 0 aliphatic carbocycles. The van der Waals surface area contributed by atoms with Crippen LogP contribution >= 0.6 is 11.8 Å². The smallest absolute Gasteiger partial charge is 0.244 e. The quantitative estimate of drug-likeness (QED) is 0.874. The van der Waals surface area contributed by atoms with Gasteiger partial charge in [0, 0.05) is 24.2 Å². The molecule has 1 aromatic heterocycles. The van der Waals surface area contributed by atoms with Gasteiger partial charge in [0.1, 0.15) is 12.4 Å². The van der Waals surface area contributed by atoms with Gasteiger partial charge in [-0.25, -0.2) is 0 Å². The van der Waals surface area contributed by atoms with Crippen LogP contribution in [0.5, 0.6) is 0 Å². The van der Waals surface area contributed by atoms with Gasteiger partial charge in [-0.1, -0.05) is 18.6 Å². The van der Waals surface area contributed by atoms with E-state index in [1.807, 2.05) is 25.1 Å². The van der Waals surface area contributed by atoms with Crippen LogP contribution in [0, 0.1) is 6.92 Å². The fraction of sp³-hybridized carbons (Fsp3) is 0.474. The van der Waals surface area contributed by atoms with Gasteiger partial charge in [0.15, 0.2) is 5.82 Å². The predicted molar refractivity (Wildman–Crippen MR) is 105 cm³/mol. The van der Waals surface area contributed by atoms with Crippen molar-refractivity contribution in [1.29, 1.82) is 0 Å². The Hall–Kier alpha value is -2.35. The van der Waals surface area contributed by atoms with E-state index < -0.39 is 0 Å². The average molecular weight is 385 g/mol. The minimum absolute atomic E-state index is 0.0202. The molecule has 2 amide bonds. The number of aryl methyl sites for hydroxylation is 2. The van der Waals surface area contributed by atoms with E-state index in [4.69, 9.17) is 0 Å². The zero-order valence-electron chi connectivity index (χ0n) is 15.4. The molecule has 4 rings (SSSR count). The molecule has 7 nitrogen and oxygen atoms in total. The molecule has 1 aromatic carbocycles. The molecule has 0 radical (unpaired) electrons. The number of anilines is 1. The number of carbonyl (C=O) groups is 2. The first-order valence-corrected chi connectivity index (χ1v) is 10.5. The average Bonchev–Trinajstić information content (AvgIpc) is 3.16. The van der Waals surface area contributed by atoms with Crippen LogP contribution in [0.3, 0.4) is 0 Å². The van der Waals surface area contributed by atoms with Gasteiger partial charge < -0.3 is 14.8 Å². The molecule has 142 valence electrons. The summed E-state index contributed by atoms with van der Waals surface area (Å²) in [7, 11) is 0. The number of hydrogen-bond acceptors (Lipinski definition) is 5. The van der Waals surface area contributed by atoms with E-state index in [-0.39, 0.29) is 18.4 Å². The minimum atomic E-state index is -0.175. The van der Waals surface area contributed by atoms with Crippen LogP contribution in [0.25, 0.3) is 11.4 Å². The van der Waals surface area contributed by atoms with Crippen molar-refractivity contribution in [2.75, 3.05) is 23.5 Å². The molecule has 1 N–H and O–H groups in total. The van der Waals surface area contributed by atoms with E-state index in [1.54, 1.807) is 4.90 Å². The van der Waals surface area contributed by atoms with Gasteiger partial charge in [0.05, 0.1) is 11.6 Å². The molecular formula is C19H23N5O2S. The molecule has 3 heterocycles. The number of fused-ring (bicyclic) bond motifs is 1. The standard InChI is InChI=1S/C19H23N5O2S/c1-13-6-7-14(19-22-21-16-5-3-2-4-8-24(16)19)9-15(13)20-17(25)10-23-12-27-11-18(23)26/h6-7,9H,2-5,8,10-12H2,1H3,(H,20,25). The maximum atomic E-state index is 12.4. The first-order chi connectivity index (χ1) is 13.1. The second kappa shape index (κ2) is 7.72. The van der Waals surface area contributed by atoms with Crippen LogP contribution in [0.1, 0.15) is 30.7 Å². The Bertz CT molecular complexity index is 879. The SMILES string of the molecule is Cc1ccc(-c2nnc3n2CCCCC3)cc1NC(=O)CN1CSCC1=O. The third kappa shape index (κ3) is 3.85. The van der Waals surface area contributed by atoms with E-state index in [9.17, 15) is 9.59 Å². The second-order valence-electron chi connectivity index (χ2n) is 7.05. The third-order valence-corrected chi connectivity index (χ3v) is 5.98. The first kappa shape index (κ1) is 18.0. The van der Waals surface area contributed by atoms with Crippen LogP contribution in [0.2, 0.25) is 0 Å². The summed E-state index contributed by atoms with van der Waals surface area (Å²) in [5.41, 5.74) is 2.68. The number of thioether (sulfide) groups is 1. The van der Waals surface area contributed by atoms with Crippen molar-refractivity contribution < 1.29 is 9.59 Å². The summed E-state index contributed by atoms with van der Waals surface area (Å²) < 4.78 is 2.20. The Morgan fingerprint density at radius 3 is 2.96 bits per heavy atom. The number of nitrogens with one attached hydrogen (secondary N) is 1. The van der Waals surface area contributed by atoms with Crippen LogP contribution in [0.15, 0.2) is 18.2 Å². The van der Waals surface area contributed by atoms with Gasteiger partial charge in [0.25, 0.3) is 0 Å². The number of rotatable bonds is 4. The third-order valence-electron chi connectivity index (χ3n) is 5.04. The van der Waals surface area contributed by atoms with Crippen LogP contribution in [-0.2, 0) is 22.6 Å². The molecule has 1 saturated heterocycles. The molecule has 1 fully saturated rings. The lowest BCUT2D eigenvalue weighted by atomic mass is 10.1. The number of benzene rings is 1. The van der Waals surface area contributed by atoms with Gasteiger partial charge in [-0.05, 0) is 31.4 Å². The summed E-state index contributed by atoms with van der Waals surface area (Å²) in [5.74, 6) is 2.78. The molecule has 0 spiro atoms. The molecule has 0 unspecified atom stereocenters. The molecule has 0 saturated carbocycles. The molecule has 2 aliphatic heterocycles. The molecule has 0 atom stereocenters. The lowest BCUT2D eigenvalue weighted by Gasteiger charge is -2.16. The summed E-state index contributed by atoms with van der Waals surface area (Å²) in [6, 6.07) is 5.96. The first-order valence-electron chi connectivity index (χ1n) is 9.30. The molecule has 2 aliphatic rings. The summed E-state index contributed by atoms with van der Waals surface area (Å²) in [5, 5.41) is 11.7. The monoisotopic (exact) mass is 385 g/mol. The largest absolute Gasteiger partial charge is 0.324 e. The maximum Gasteiger partial charge on any atom is 0.244 e. The van der Waals surface area contributed by atoms with Crippen molar-refractivity contribution in [2.45, 2.75) is 39.2 Å². The van der Waals surface area contributed by atoms with Crippen molar-refractivity contribution in [3.05, 3.63) is 29.6 Å². The zero-order valence-corrected chi connectivity index (χ0v) is 16.2. The van der Waals surface area contributed by atoms with Crippen molar-refractivity contribution in [2.24, 2.45) is 0 Å². The van der Waals surface area contributed by atoms with Crippen molar-refractivity contribution in [1.82, 2.24) is 19.7 Å². The maximum absolute atomic E-state index is 12.4. The summed E-state index contributed by atoms with van der Waals surface area (Å²) in [4.78, 5) is 25.7. The Balaban J connectivity index is 1.54. The Morgan fingerprint density at radius 1 is 1.26 bits per heavy atom. The van der Waals surface area contributed by atoms with Crippen molar-refractivity contribution in [3.8, 4) is 11.4 Å². The lowest BCUT2D eigenvalue weighted by Crippen LogP contribution is -2.34. The Labute approximate surface area is 162 Å². The van der Waals surface area contributed by atoms with Gasteiger partial charge in [-0.15, -0.1) is 22.0 Å². The van der Waals surface area contributed by atoms with Crippen LogP contribution < -0.4 is 5.32 Å². The topological polar surface area (TPSA) is 80.1 Å². The summed E-state index contributed by atoms with van der Waals surface area (Å²) in [6.45, 7) is 2.98. The lowest BCUT2D eigenvalue weighted by molar-refractivity contribution is -0.130. The highest BCUT2D eigenvalue weighted by molar-refractivity contribution is 8.00. The minimum Gasteiger partial charge on any atom is -0.324 e. The number of carbonyl (C=O) groups excluding carboxylic acids is 2. The summed E-state index contributed by atoms with van der Waals surface area (Å²) >= 11 is 1.54. The highest BCUT2D eigenvalue weighted by atomic mass is 32.2. The fourth-order valence-electron chi connectivity index (χ4n) is 3.50. The van der Waals surface area contributed by atoms with Crippen LogP contribution in [-0.4, -0.2) is 49.7 Å². The van der Waals surface area contributed by atoms with E-state index in [0.717, 1.165) is 54.3 Å². The number of nitrogens with zero attached hydrogens (tertiary/aromatic N) is 4. The normalized spacial score (nSPS) is 16.9. The molecule has 8 heteroatoms. The molecular weight excluding hydrogens is 362 g/mol. The molecule has 27 heavy (non-hydrogen) atoms. The fourth-order valence-corrected chi connectivity index (χ4v) is 4.40. The van der Waals surface area contributed by atoms with Crippen LogP contribution in [0.4, 0.5) is 5.69 Å². The van der Waals surface area contributed by atoms with E-state index in [2.05, 4.69) is 20.1 Å². The molecule has 2 aromatic rings. The predicted octanol–water partition coefficient (Wildman–Crippen LogP) is 2.45. The van der Waals surface area contributed by atoms with Gasteiger partial charge in [-0.2, -0.15) is 0 Å². The second-order valence-corrected chi connectivity index (χ2v) is 8.00. The van der Waals surface area contributed by atoms with Crippen molar-refractivity contribution in [3.63, 3.8) is 0 Å². The van der Waals surface area contributed by atoms with E-state index >= 15 is 0 Å². The number of amides is 2. The Morgan fingerprint density at radius 2 is 2.15 bits per heavy atom. The highest BCUT2D eigenvalue weighted by Crippen LogP contribution is 2.27. The van der Waals surface area contributed by atoms with Gasteiger partial charge in [-0.3, -0.25) is 9.59 Å². The highest BCUT2D eigenvalue weighted by Gasteiger charge is 2.23.